The molecule has 0 atom stereocenters. The third-order valence-corrected chi connectivity index (χ3v) is 6.13. The number of nitrogens with zero attached hydrogens (tertiary/aromatic N) is 2. The molecule has 30 heavy (non-hydrogen) atoms. The number of hydrogen-bond donors (Lipinski definition) is 2. The summed E-state index contributed by atoms with van der Waals surface area (Å²) < 4.78 is 2.23. The maximum Gasteiger partial charge on any atom is 0.325 e. The molecule has 2 heterocycles. The van der Waals surface area contributed by atoms with Crippen LogP contribution in [0.5, 0.6) is 0 Å². The van der Waals surface area contributed by atoms with Gasteiger partial charge in [-0.3, -0.25) is 14.5 Å². The highest BCUT2D eigenvalue weighted by molar-refractivity contribution is 6.12. The Morgan fingerprint density at radius 3 is 2.37 bits per heavy atom. The van der Waals surface area contributed by atoms with Crippen LogP contribution in [0.3, 0.4) is 0 Å². The number of benzene rings is 2. The van der Waals surface area contributed by atoms with E-state index in [4.69, 9.17) is 0 Å². The van der Waals surface area contributed by atoms with Gasteiger partial charge in [-0.1, -0.05) is 32.0 Å². The topological polar surface area (TPSA) is 83.4 Å². The van der Waals surface area contributed by atoms with Gasteiger partial charge in [0.1, 0.15) is 12.1 Å². The third kappa shape index (κ3) is 3.01. The van der Waals surface area contributed by atoms with E-state index in [1.165, 1.54) is 0 Å². The number of amides is 4. The van der Waals surface area contributed by atoms with Gasteiger partial charge in [0.25, 0.3) is 5.91 Å². The van der Waals surface area contributed by atoms with Gasteiger partial charge in [0.05, 0.1) is 0 Å². The van der Waals surface area contributed by atoms with Crippen molar-refractivity contribution in [2.24, 2.45) is 0 Å². The molecule has 1 fully saturated rings. The largest absolute Gasteiger partial charge is 0.341 e. The molecular weight excluding hydrogens is 380 g/mol. The maximum atomic E-state index is 12.7. The molecule has 2 aromatic carbocycles. The van der Waals surface area contributed by atoms with E-state index in [-0.39, 0.29) is 12.5 Å². The molecule has 2 N–H and O–H groups in total. The summed E-state index contributed by atoms with van der Waals surface area (Å²) in [6.07, 6.45) is 0.981. The summed E-state index contributed by atoms with van der Waals surface area (Å²) in [6, 6.07) is 13.4. The first-order chi connectivity index (χ1) is 14.4. The minimum absolute atomic E-state index is 0.304. The van der Waals surface area contributed by atoms with Crippen molar-refractivity contribution in [1.82, 2.24) is 14.8 Å². The average Bonchev–Trinajstić information content (AvgIpc) is 3.20. The molecule has 0 radical (unpaired) electrons. The van der Waals surface area contributed by atoms with Gasteiger partial charge >= 0.3 is 6.03 Å². The number of carbonyl (C=O) groups is 3. The monoisotopic (exact) mass is 406 g/mol. The lowest BCUT2D eigenvalue weighted by atomic mass is 9.93. The van der Waals surface area contributed by atoms with E-state index in [2.05, 4.69) is 34.3 Å². The SMILES string of the molecule is CCn1c2ccccc2c2cc(NC(=O)CN3C(=O)NC(CC)(CC)C3=O)ccc21. The number of hydrogen-bond acceptors (Lipinski definition) is 3. The molecule has 7 nitrogen and oxygen atoms in total. The zero-order valence-corrected chi connectivity index (χ0v) is 17.5. The van der Waals surface area contributed by atoms with E-state index in [0.717, 1.165) is 33.3 Å². The second-order valence-electron chi connectivity index (χ2n) is 7.65. The number of carbonyl (C=O) groups excluding carboxylic acids is 3. The van der Waals surface area contributed by atoms with Gasteiger partial charge in [-0.05, 0) is 44.0 Å². The number of fused-ring (bicyclic) bond motifs is 3. The average molecular weight is 406 g/mol. The summed E-state index contributed by atoms with van der Waals surface area (Å²) in [7, 11) is 0. The standard InChI is InChI=1S/C23H26N4O3/c1-4-23(5-2)21(29)27(22(30)25-23)14-20(28)24-15-11-12-19-17(13-15)16-9-7-8-10-18(16)26(19)6-3/h7-13H,4-6,14H2,1-3H3,(H,24,28)(H,25,30). The highest BCUT2D eigenvalue weighted by Crippen LogP contribution is 2.31. The molecular formula is C23H26N4O3. The van der Waals surface area contributed by atoms with Crippen molar-refractivity contribution >= 4 is 45.3 Å². The first kappa shape index (κ1) is 19.9. The van der Waals surface area contributed by atoms with Crippen LogP contribution in [-0.4, -0.2) is 39.4 Å². The summed E-state index contributed by atoms with van der Waals surface area (Å²) in [5.41, 5.74) is 1.98. The summed E-state index contributed by atoms with van der Waals surface area (Å²) in [4.78, 5) is 38.6. The van der Waals surface area contributed by atoms with Crippen LogP contribution in [0.2, 0.25) is 0 Å². The smallest absolute Gasteiger partial charge is 0.325 e. The number of imide groups is 1. The molecule has 1 aliphatic rings. The van der Waals surface area contributed by atoms with Crippen molar-refractivity contribution in [2.45, 2.75) is 45.7 Å². The molecule has 1 aliphatic heterocycles. The Labute approximate surface area is 175 Å². The third-order valence-electron chi connectivity index (χ3n) is 6.13. The molecule has 0 saturated carbocycles. The van der Waals surface area contributed by atoms with Crippen molar-refractivity contribution in [3.05, 3.63) is 42.5 Å². The van der Waals surface area contributed by atoms with Gasteiger partial charge in [-0.2, -0.15) is 0 Å². The second kappa shape index (κ2) is 7.48. The van der Waals surface area contributed by atoms with Crippen LogP contribution in [0, 0.1) is 0 Å². The molecule has 1 saturated heterocycles. The normalized spacial score (nSPS) is 15.8. The number of aromatic nitrogens is 1. The van der Waals surface area contributed by atoms with Gasteiger partial charge in [-0.25, -0.2) is 4.79 Å². The van der Waals surface area contributed by atoms with E-state index in [1.807, 2.05) is 44.2 Å². The first-order valence-corrected chi connectivity index (χ1v) is 10.4. The Morgan fingerprint density at radius 1 is 1.00 bits per heavy atom. The fraction of sp³-hybridized carbons (Fsp3) is 0.348. The van der Waals surface area contributed by atoms with Crippen molar-refractivity contribution in [3.8, 4) is 0 Å². The molecule has 3 aromatic rings. The number of nitrogens with one attached hydrogen (secondary N) is 2. The van der Waals surface area contributed by atoms with Gasteiger partial charge in [0, 0.05) is 34.0 Å². The predicted octanol–water partition coefficient (Wildman–Crippen LogP) is 3.86. The Balaban J connectivity index is 1.57. The van der Waals surface area contributed by atoms with Crippen LogP contribution < -0.4 is 10.6 Å². The maximum absolute atomic E-state index is 12.7. The van der Waals surface area contributed by atoms with Crippen LogP contribution in [-0.2, 0) is 16.1 Å². The van der Waals surface area contributed by atoms with Gasteiger partial charge in [0.2, 0.25) is 5.91 Å². The van der Waals surface area contributed by atoms with E-state index >= 15 is 0 Å². The molecule has 7 heteroatoms. The van der Waals surface area contributed by atoms with Crippen LogP contribution in [0.1, 0.15) is 33.6 Å². The minimum atomic E-state index is -0.905. The number of anilines is 1. The number of para-hydroxylation sites is 1. The molecule has 4 amide bonds. The quantitative estimate of drug-likeness (QED) is 0.610. The van der Waals surface area contributed by atoms with Crippen molar-refractivity contribution in [3.63, 3.8) is 0 Å². The summed E-state index contributed by atoms with van der Waals surface area (Å²) in [5, 5.41) is 7.75. The van der Waals surface area contributed by atoms with Crippen molar-refractivity contribution < 1.29 is 14.4 Å². The van der Waals surface area contributed by atoms with E-state index in [1.54, 1.807) is 0 Å². The van der Waals surface area contributed by atoms with Gasteiger partial charge in [0.15, 0.2) is 0 Å². The summed E-state index contributed by atoms with van der Waals surface area (Å²) in [6.45, 7) is 6.35. The first-order valence-electron chi connectivity index (χ1n) is 10.4. The lowest BCUT2D eigenvalue weighted by molar-refractivity contribution is -0.134. The molecule has 0 spiro atoms. The second-order valence-corrected chi connectivity index (χ2v) is 7.65. The van der Waals surface area contributed by atoms with Crippen LogP contribution in [0.4, 0.5) is 10.5 Å². The molecule has 0 unspecified atom stereocenters. The lowest BCUT2D eigenvalue weighted by Crippen LogP contribution is -2.46. The van der Waals surface area contributed by atoms with Crippen LogP contribution in [0.25, 0.3) is 21.8 Å². The Bertz CT molecular complexity index is 1160. The lowest BCUT2D eigenvalue weighted by Gasteiger charge is -2.23. The Morgan fingerprint density at radius 2 is 1.70 bits per heavy atom. The highest BCUT2D eigenvalue weighted by Gasteiger charge is 2.49. The fourth-order valence-corrected chi connectivity index (χ4v) is 4.37. The van der Waals surface area contributed by atoms with Gasteiger partial charge in [-0.15, -0.1) is 0 Å². The Hall–Kier alpha value is -3.35. The van der Waals surface area contributed by atoms with Crippen LogP contribution >= 0.6 is 0 Å². The van der Waals surface area contributed by atoms with E-state index in [9.17, 15) is 14.4 Å². The molecule has 0 aliphatic carbocycles. The van der Waals surface area contributed by atoms with Crippen LogP contribution in [0.15, 0.2) is 42.5 Å². The highest BCUT2D eigenvalue weighted by atomic mass is 16.2. The molecule has 1 aromatic heterocycles. The number of aryl methyl sites for hydroxylation is 1. The van der Waals surface area contributed by atoms with Crippen molar-refractivity contribution in [1.29, 1.82) is 0 Å². The van der Waals surface area contributed by atoms with E-state index < -0.39 is 17.5 Å². The zero-order chi connectivity index (χ0) is 21.5. The minimum Gasteiger partial charge on any atom is -0.341 e. The fourth-order valence-electron chi connectivity index (χ4n) is 4.37. The molecule has 4 rings (SSSR count). The molecule has 156 valence electrons. The number of rotatable bonds is 6. The summed E-state index contributed by atoms with van der Waals surface area (Å²) >= 11 is 0. The van der Waals surface area contributed by atoms with E-state index in [0.29, 0.717) is 18.5 Å². The summed E-state index contributed by atoms with van der Waals surface area (Å²) in [5.74, 6) is -0.741. The number of urea groups is 1. The predicted molar refractivity (Wildman–Crippen MR) is 117 cm³/mol. The zero-order valence-electron chi connectivity index (χ0n) is 17.5. The van der Waals surface area contributed by atoms with Crippen molar-refractivity contribution in [2.75, 3.05) is 11.9 Å². The molecule has 0 bridgehead atoms. The Kier molecular flexibility index (Phi) is 4.97. The van der Waals surface area contributed by atoms with Gasteiger partial charge < -0.3 is 15.2 Å².